The molecule has 0 saturated heterocycles. The monoisotopic (exact) mass is 351 g/mol. The zero-order chi connectivity index (χ0) is 18.7. The van der Waals surface area contributed by atoms with Gasteiger partial charge in [0.15, 0.2) is 0 Å². The highest BCUT2D eigenvalue weighted by Crippen LogP contribution is 2.14. The van der Waals surface area contributed by atoms with E-state index in [0.717, 1.165) is 16.3 Å². The molecule has 2 N–H and O–H groups in total. The van der Waals surface area contributed by atoms with Gasteiger partial charge in [-0.05, 0) is 31.2 Å². The maximum absolute atomic E-state index is 12.7. The molecule has 0 aliphatic rings. The molecule has 1 aromatic heterocycles. The third-order valence-electron chi connectivity index (χ3n) is 3.84. The molecule has 7 nitrogen and oxygen atoms in total. The molecule has 0 aliphatic carbocycles. The van der Waals surface area contributed by atoms with Crippen LogP contribution in [0.2, 0.25) is 0 Å². The lowest BCUT2D eigenvalue weighted by molar-refractivity contribution is 0.102. The van der Waals surface area contributed by atoms with Crippen LogP contribution in [0.1, 0.15) is 15.9 Å². The zero-order valence-electron chi connectivity index (χ0n) is 14.3. The standard InChI is InChI=1S/C19H17N3O4/c1-12-6-8-13(9-7-12)21-17(23)16-11-20-19(25)22(18(16)24)14-4-3-5-15(10-14)26-2/h3-11H,1-2H3,(H,20,25)(H,21,23). The van der Waals surface area contributed by atoms with Gasteiger partial charge in [-0.15, -0.1) is 0 Å². The predicted octanol–water partition coefficient (Wildman–Crippen LogP) is 2.10. The summed E-state index contributed by atoms with van der Waals surface area (Å²) in [4.78, 5) is 39.8. The zero-order valence-corrected chi connectivity index (χ0v) is 14.3. The first-order valence-electron chi connectivity index (χ1n) is 7.87. The van der Waals surface area contributed by atoms with Crippen LogP contribution < -0.4 is 21.3 Å². The highest BCUT2D eigenvalue weighted by atomic mass is 16.5. The summed E-state index contributed by atoms with van der Waals surface area (Å²) in [5.41, 5.74) is 0.377. The Morgan fingerprint density at radius 1 is 1.12 bits per heavy atom. The molecule has 0 saturated carbocycles. The molecule has 0 unspecified atom stereocenters. The molecule has 1 amide bonds. The lowest BCUT2D eigenvalue weighted by atomic mass is 10.2. The van der Waals surface area contributed by atoms with Gasteiger partial charge in [-0.2, -0.15) is 0 Å². The van der Waals surface area contributed by atoms with Crippen LogP contribution in [-0.2, 0) is 0 Å². The summed E-state index contributed by atoms with van der Waals surface area (Å²) >= 11 is 0. The van der Waals surface area contributed by atoms with Gasteiger partial charge in [0.2, 0.25) is 0 Å². The van der Waals surface area contributed by atoms with Crippen molar-refractivity contribution in [3.05, 3.63) is 86.7 Å². The molecule has 0 aliphatic heterocycles. The van der Waals surface area contributed by atoms with E-state index in [1.807, 2.05) is 19.1 Å². The highest BCUT2D eigenvalue weighted by Gasteiger charge is 2.16. The van der Waals surface area contributed by atoms with Gasteiger partial charge in [-0.3, -0.25) is 9.59 Å². The van der Waals surface area contributed by atoms with Crippen molar-refractivity contribution >= 4 is 11.6 Å². The van der Waals surface area contributed by atoms with Gasteiger partial charge in [0.1, 0.15) is 11.3 Å². The van der Waals surface area contributed by atoms with Crippen molar-refractivity contribution in [1.82, 2.24) is 9.55 Å². The van der Waals surface area contributed by atoms with Crippen molar-refractivity contribution in [3.63, 3.8) is 0 Å². The summed E-state index contributed by atoms with van der Waals surface area (Å²) in [6, 6.07) is 13.6. The van der Waals surface area contributed by atoms with Crippen LogP contribution in [0.15, 0.2) is 64.3 Å². The van der Waals surface area contributed by atoms with Gasteiger partial charge in [0.25, 0.3) is 11.5 Å². The van der Waals surface area contributed by atoms with Crippen LogP contribution in [0.5, 0.6) is 5.75 Å². The Kier molecular flexibility index (Phi) is 4.70. The second-order valence-electron chi connectivity index (χ2n) is 5.67. The summed E-state index contributed by atoms with van der Waals surface area (Å²) in [7, 11) is 1.48. The largest absolute Gasteiger partial charge is 0.497 e. The second kappa shape index (κ2) is 7.10. The Morgan fingerprint density at radius 3 is 2.54 bits per heavy atom. The number of rotatable bonds is 4. The number of hydrogen-bond donors (Lipinski definition) is 2. The molecule has 0 atom stereocenters. The number of benzene rings is 2. The van der Waals surface area contributed by atoms with E-state index in [0.29, 0.717) is 17.1 Å². The predicted molar refractivity (Wildman–Crippen MR) is 98.3 cm³/mol. The number of H-pyrrole nitrogens is 1. The summed E-state index contributed by atoms with van der Waals surface area (Å²) in [5, 5.41) is 2.65. The van der Waals surface area contributed by atoms with Gasteiger partial charge in [0.05, 0.1) is 12.8 Å². The van der Waals surface area contributed by atoms with Crippen molar-refractivity contribution in [1.29, 1.82) is 0 Å². The minimum Gasteiger partial charge on any atom is -0.497 e. The van der Waals surface area contributed by atoms with Gasteiger partial charge in [-0.25, -0.2) is 9.36 Å². The number of hydrogen-bond acceptors (Lipinski definition) is 4. The van der Waals surface area contributed by atoms with E-state index < -0.39 is 17.2 Å². The number of nitrogens with zero attached hydrogens (tertiary/aromatic N) is 1. The fraction of sp³-hybridized carbons (Fsp3) is 0.105. The highest BCUT2D eigenvalue weighted by molar-refractivity contribution is 6.03. The number of ether oxygens (including phenoxy) is 1. The molecular formula is C19H17N3O4. The van der Waals surface area contributed by atoms with Crippen LogP contribution in [0.25, 0.3) is 5.69 Å². The Hall–Kier alpha value is -3.61. The summed E-state index contributed by atoms with van der Waals surface area (Å²) < 4.78 is 6.01. The van der Waals surface area contributed by atoms with Crippen LogP contribution in [0, 0.1) is 6.92 Å². The maximum Gasteiger partial charge on any atom is 0.333 e. The van der Waals surface area contributed by atoms with Crippen LogP contribution in [0.3, 0.4) is 0 Å². The lowest BCUT2D eigenvalue weighted by Crippen LogP contribution is -2.38. The molecule has 26 heavy (non-hydrogen) atoms. The molecule has 0 spiro atoms. The summed E-state index contributed by atoms with van der Waals surface area (Å²) in [6.45, 7) is 1.93. The van der Waals surface area contributed by atoms with Crippen molar-refractivity contribution in [2.45, 2.75) is 6.92 Å². The molecule has 3 rings (SSSR count). The first-order valence-corrected chi connectivity index (χ1v) is 7.87. The van der Waals surface area contributed by atoms with Crippen LogP contribution in [0.4, 0.5) is 5.69 Å². The Morgan fingerprint density at radius 2 is 1.85 bits per heavy atom. The van der Waals surface area contributed by atoms with E-state index >= 15 is 0 Å². The van der Waals surface area contributed by atoms with E-state index in [-0.39, 0.29) is 5.56 Å². The van der Waals surface area contributed by atoms with E-state index in [4.69, 9.17) is 4.74 Å². The minimum absolute atomic E-state index is 0.173. The van der Waals surface area contributed by atoms with Crippen molar-refractivity contribution in [2.24, 2.45) is 0 Å². The Labute approximate surface area is 148 Å². The van der Waals surface area contributed by atoms with Gasteiger partial charge in [-0.1, -0.05) is 23.8 Å². The number of aromatic amines is 1. The molecular weight excluding hydrogens is 334 g/mol. The number of aryl methyl sites for hydroxylation is 1. The minimum atomic E-state index is -0.716. The number of methoxy groups -OCH3 is 1. The SMILES string of the molecule is COc1cccc(-n2c(=O)[nH]cc(C(=O)Nc3ccc(C)cc3)c2=O)c1. The molecule has 0 bridgehead atoms. The maximum atomic E-state index is 12.7. The lowest BCUT2D eigenvalue weighted by Gasteiger charge is -2.09. The number of carbonyl (C=O) groups excluding carboxylic acids is 1. The van der Waals surface area contributed by atoms with Gasteiger partial charge in [0, 0.05) is 18.0 Å². The summed E-state index contributed by atoms with van der Waals surface area (Å²) in [6.07, 6.45) is 1.12. The number of amides is 1. The fourth-order valence-corrected chi connectivity index (χ4v) is 2.45. The molecule has 1 heterocycles. The third kappa shape index (κ3) is 3.41. The number of nitrogens with one attached hydrogen (secondary N) is 2. The van der Waals surface area contributed by atoms with Crippen molar-refractivity contribution in [3.8, 4) is 11.4 Å². The first-order chi connectivity index (χ1) is 12.5. The van der Waals surface area contributed by atoms with Crippen molar-refractivity contribution in [2.75, 3.05) is 12.4 Å². The van der Waals surface area contributed by atoms with Crippen molar-refractivity contribution < 1.29 is 9.53 Å². The summed E-state index contributed by atoms with van der Waals surface area (Å²) in [5.74, 6) is -0.116. The van der Waals surface area contributed by atoms with E-state index in [2.05, 4.69) is 10.3 Å². The molecule has 0 radical (unpaired) electrons. The molecule has 3 aromatic rings. The van der Waals surface area contributed by atoms with Crippen LogP contribution >= 0.6 is 0 Å². The fourth-order valence-electron chi connectivity index (χ4n) is 2.45. The quantitative estimate of drug-likeness (QED) is 0.753. The molecule has 2 aromatic carbocycles. The van der Waals surface area contributed by atoms with Gasteiger partial charge < -0.3 is 15.0 Å². The number of anilines is 1. The number of aromatic nitrogens is 2. The van der Waals surface area contributed by atoms with E-state index in [1.54, 1.807) is 30.3 Å². The van der Waals surface area contributed by atoms with E-state index in [1.165, 1.54) is 13.2 Å². The second-order valence-corrected chi connectivity index (χ2v) is 5.67. The molecule has 132 valence electrons. The third-order valence-corrected chi connectivity index (χ3v) is 3.84. The first kappa shape index (κ1) is 17.2. The van der Waals surface area contributed by atoms with Gasteiger partial charge >= 0.3 is 5.69 Å². The number of carbonyl (C=O) groups is 1. The normalized spacial score (nSPS) is 10.4. The van der Waals surface area contributed by atoms with E-state index in [9.17, 15) is 14.4 Å². The average molecular weight is 351 g/mol. The molecule has 0 fully saturated rings. The Bertz CT molecular complexity index is 1070. The molecule has 7 heteroatoms. The topological polar surface area (TPSA) is 93.2 Å². The Balaban J connectivity index is 2.01. The van der Waals surface area contributed by atoms with Crippen LogP contribution in [-0.4, -0.2) is 22.6 Å². The average Bonchev–Trinajstić information content (AvgIpc) is 2.64. The smallest absolute Gasteiger partial charge is 0.333 e.